The maximum Gasteiger partial charge on any atom is 0.225 e. The quantitative estimate of drug-likeness (QED) is 0.802. The fraction of sp³-hybridized carbons (Fsp3) is 0.923. The van der Waals surface area contributed by atoms with Crippen LogP contribution in [0.25, 0.3) is 0 Å². The Bertz CT molecular complexity index is 244. The van der Waals surface area contributed by atoms with Crippen molar-refractivity contribution in [3.63, 3.8) is 0 Å². The van der Waals surface area contributed by atoms with E-state index < -0.39 is 0 Å². The first-order valence-corrected chi connectivity index (χ1v) is 6.91. The van der Waals surface area contributed by atoms with Crippen molar-refractivity contribution in [2.24, 2.45) is 11.7 Å². The molecular formula is C13H24N2O2. The molecule has 0 radical (unpaired) electrons. The zero-order valence-corrected chi connectivity index (χ0v) is 10.6. The van der Waals surface area contributed by atoms with Gasteiger partial charge in [0.15, 0.2) is 0 Å². The molecule has 2 aliphatic rings. The number of carbonyl (C=O) groups is 1. The lowest BCUT2D eigenvalue weighted by molar-refractivity contribution is -0.137. The number of piperidine rings is 1. The molecular weight excluding hydrogens is 216 g/mol. The van der Waals surface area contributed by atoms with Crippen LogP contribution in [-0.2, 0) is 9.53 Å². The molecule has 1 aliphatic carbocycles. The van der Waals surface area contributed by atoms with Gasteiger partial charge in [0.2, 0.25) is 5.91 Å². The van der Waals surface area contributed by atoms with Crippen molar-refractivity contribution in [3.8, 4) is 0 Å². The van der Waals surface area contributed by atoms with Crippen molar-refractivity contribution >= 4 is 5.91 Å². The minimum absolute atomic E-state index is 0.311. The first kappa shape index (κ1) is 12.8. The van der Waals surface area contributed by atoms with Crippen molar-refractivity contribution in [2.45, 2.75) is 44.6 Å². The van der Waals surface area contributed by atoms with Crippen LogP contribution in [0.2, 0.25) is 0 Å². The minimum Gasteiger partial charge on any atom is -0.377 e. The Morgan fingerprint density at radius 1 is 1.18 bits per heavy atom. The number of amides is 1. The van der Waals surface area contributed by atoms with Gasteiger partial charge in [0.25, 0.3) is 0 Å². The van der Waals surface area contributed by atoms with Gasteiger partial charge in [0.1, 0.15) is 0 Å². The zero-order valence-electron chi connectivity index (χ0n) is 10.6. The monoisotopic (exact) mass is 240 g/mol. The van der Waals surface area contributed by atoms with Crippen LogP contribution in [0.4, 0.5) is 0 Å². The van der Waals surface area contributed by atoms with E-state index in [0.29, 0.717) is 31.1 Å². The van der Waals surface area contributed by atoms with Crippen LogP contribution in [0.1, 0.15) is 38.5 Å². The molecule has 1 saturated carbocycles. The second kappa shape index (κ2) is 6.36. The number of likely N-dealkylation sites (tertiary alicyclic amines) is 1. The summed E-state index contributed by atoms with van der Waals surface area (Å²) in [6, 6.07) is 0. The van der Waals surface area contributed by atoms with Gasteiger partial charge in [-0.15, -0.1) is 0 Å². The van der Waals surface area contributed by atoms with Gasteiger partial charge >= 0.3 is 0 Å². The van der Waals surface area contributed by atoms with Gasteiger partial charge in [-0.05, 0) is 25.7 Å². The molecule has 1 aliphatic heterocycles. The molecule has 98 valence electrons. The third-order valence-electron chi connectivity index (χ3n) is 3.93. The second-order valence-corrected chi connectivity index (χ2v) is 5.17. The summed E-state index contributed by atoms with van der Waals surface area (Å²) in [6.45, 7) is 2.96. The Morgan fingerprint density at radius 2 is 1.82 bits per heavy atom. The van der Waals surface area contributed by atoms with Crippen molar-refractivity contribution < 1.29 is 9.53 Å². The summed E-state index contributed by atoms with van der Waals surface area (Å²) in [4.78, 5) is 14.2. The Kier molecular flexibility index (Phi) is 4.80. The lowest BCUT2D eigenvalue weighted by atomic mass is 10.0. The molecule has 1 saturated heterocycles. The molecule has 2 fully saturated rings. The average molecular weight is 240 g/mol. The van der Waals surface area contributed by atoms with E-state index in [-0.39, 0.29) is 0 Å². The SMILES string of the molecule is NCCOC1CCN(C(=O)C2CCCC2)CC1. The highest BCUT2D eigenvalue weighted by atomic mass is 16.5. The lowest BCUT2D eigenvalue weighted by Crippen LogP contribution is -2.43. The van der Waals surface area contributed by atoms with Gasteiger partial charge < -0.3 is 15.4 Å². The largest absolute Gasteiger partial charge is 0.377 e. The molecule has 0 bridgehead atoms. The van der Waals surface area contributed by atoms with Gasteiger partial charge in [-0.1, -0.05) is 12.8 Å². The fourth-order valence-corrected chi connectivity index (χ4v) is 2.91. The molecule has 2 rings (SSSR count). The molecule has 2 N–H and O–H groups in total. The van der Waals surface area contributed by atoms with E-state index in [0.717, 1.165) is 38.8 Å². The van der Waals surface area contributed by atoms with E-state index in [4.69, 9.17) is 10.5 Å². The third-order valence-corrected chi connectivity index (χ3v) is 3.93. The summed E-state index contributed by atoms with van der Waals surface area (Å²) in [6.07, 6.45) is 6.91. The molecule has 0 aromatic rings. The van der Waals surface area contributed by atoms with Gasteiger partial charge in [-0.2, -0.15) is 0 Å². The molecule has 0 spiro atoms. The van der Waals surface area contributed by atoms with Crippen molar-refractivity contribution in [1.82, 2.24) is 4.90 Å². The van der Waals surface area contributed by atoms with Crippen molar-refractivity contribution in [1.29, 1.82) is 0 Å². The maximum absolute atomic E-state index is 12.2. The van der Waals surface area contributed by atoms with Gasteiger partial charge in [-0.3, -0.25) is 4.79 Å². The number of carbonyl (C=O) groups excluding carboxylic acids is 1. The Labute approximate surface area is 103 Å². The number of ether oxygens (including phenoxy) is 1. The summed E-state index contributed by atoms with van der Waals surface area (Å²) in [5.41, 5.74) is 5.41. The van der Waals surface area contributed by atoms with Gasteiger partial charge in [-0.25, -0.2) is 0 Å². The van der Waals surface area contributed by atoms with Crippen LogP contribution in [0.5, 0.6) is 0 Å². The summed E-state index contributed by atoms with van der Waals surface area (Å²) in [7, 11) is 0. The van der Waals surface area contributed by atoms with Crippen LogP contribution >= 0.6 is 0 Å². The predicted molar refractivity (Wildman–Crippen MR) is 66.6 cm³/mol. The van der Waals surface area contributed by atoms with E-state index in [9.17, 15) is 4.79 Å². The van der Waals surface area contributed by atoms with Crippen LogP contribution in [-0.4, -0.2) is 43.2 Å². The average Bonchev–Trinajstić information content (AvgIpc) is 2.90. The molecule has 0 atom stereocenters. The first-order chi connectivity index (χ1) is 8.31. The van der Waals surface area contributed by atoms with E-state index in [1.54, 1.807) is 0 Å². The standard InChI is InChI=1S/C13H24N2O2/c14-7-10-17-12-5-8-15(9-6-12)13(16)11-3-1-2-4-11/h11-12H,1-10,14H2. The summed E-state index contributed by atoms with van der Waals surface area (Å²) < 4.78 is 5.62. The molecule has 17 heavy (non-hydrogen) atoms. The molecule has 0 unspecified atom stereocenters. The minimum atomic E-state index is 0.311. The van der Waals surface area contributed by atoms with Crippen LogP contribution in [0.3, 0.4) is 0 Å². The molecule has 1 heterocycles. The Morgan fingerprint density at radius 3 is 2.41 bits per heavy atom. The fourth-order valence-electron chi connectivity index (χ4n) is 2.91. The molecule has 0 aromatic heterocycles. The Balaban J connectivity index is 1.72. The highest BCUT2D eigenvalue weighted by molar-refractivity contribution is 5.79. The smallest absolute Gasteiger partial charge is 0.225 e. The van der Waals surface area contributed by atoms with E-state index in [1.165, 1.54) is 12.8 Å². The van der Waals surface area contributed by atoms with Crippen LogP contribution in [0.15, 0.2) is 0 Å². The summed E-state index contributed by atoms with van der Waals surface area (Å²) >= 11 is 0. The number of hydrogen-bond donors (Lipinski definition) is 1. The summed E-state index contributed by atoms with van der Waals surface area (Å²) in [5, 5.41) is 0. The van der Waals surface area contributed by atoms with Gasteiger partial charge in [0, 0.05) is 25.6 Å². The Hall–Kier alpha value is -0.610. The molecule has 1 amide bonds. The second-order valence-electron chi connectivity index (χ2n) is 5.17. The van der Waals surface area contributed by atoms with Crippen LogP contribution in [0, 0.1) is 5.92 Å². The number of nitrogens with zero attached hydrogens (tertiary/aromatic N) is 1. The molecule has 4 heteroatoms. The number of rotatable bonds is 4. The topological polar surface area (TPSA) is 55.6 Å². The first-order valence-electron chi connectivity index (χ1n) is 6.91. The highest BCUT2D eigenvalue weighted by Gasteiger charge is 2.29. The van der Waals surface area contributed by atoms with Gasteiger partial charge in [0.05, 0.1) is 12.7 Å². The third kappa shape index (κ3) is 3.42. The lowest BCUT2D eigenvalue weighted by Gasteiger charge is -2.33. The van der Waals surface area contributed by atoms with Crippen LogP contribution < -0.4 is 5.73 Å². The maximum atomic E-state index is 12.2. The normalized spacial score (nSPS) is 23.2. The zero-order chi connectivity index (χ0) is 12.1. The molecule has 4 nitrogen and oxygen atoms in total. The summed E-state index contributed by atoms with van der Waals surface area (Å²) in [5.74, 6) is 0.705. The van der Waals surface area contributed by atoms with Crippen molar-refractivity contribution in [3.05, 3.63) is 0 Å². The molecule has 0 aromatic carbocycles. The van der Waals surface area contributed by atoms with Crippen molar-refractivity contribution in [2.75, 3.05) is 26.2 Å². The predicted octanol–water partition coefficient (Wildman–Crippen LogP) is 1.14. The number of nitrogens with two attached hydrogens (primary N) is 1. The van der Waals surface area contributed by atoms with E-state index in [2.05, 4.69) is 0 Å². The van der Waals surface area contributed by atoms with E-state index >= 15 is 0 Å². The number of hydrogen-bond acceptors (Lipinski definition) is 3. The van der Waals surface area contributed by atoms with E-state index in [1.807, 2.05) is 4.90 Å². The highest BCUT2D eigenvalue weighted by Crippen LogP contribution is 2.27.